The molecule has 0 amide bonds. The highest BCUT2D eigenvalue weighted by atomic mass is 79.9. The summed E-state index contributed by atoms with van der Waals surface area (Å²) in [7, 11) is -3.53. The molecule has 100 valence electrons. The van der Waals surface area contributed by atoms with Crippen LogP contribution in [0, 0.1) is 0 Å². The third-order valence-corrected chi connectivity index (χ3v) is 5.78. The van der Waals surface area contributed by atoms with Crippen molar-refractivity contribution in [1.82, 2.24) is 4.72 Å². The molecular formula is C11H14BrClN2O2S. The average Bonchev–Trinajstić information content (AvgIpc) is 2.27. The van der Waals surface area contributed by atoms with Crippen molar-refractivity contribution < 1.29 is 8.42 Å². The van der Waals surface area contributed by atoms with Crippen molar-refractivity contribution in [3.63, 3.8) is 0 Å². The standard InChI is InChI=1S/C11H14BrClN2O2S/c12-9-6-8(2-3-10(9)13)18(16,17)15-7-11(14)4-1-5-11/h2-3,6,15H,1,4-5,7,14H2. The van der Waals surface area contributed by atoms with E-state index >= 15 is 0 Å². The van der Waals surface area contributed by atoms with Crippen molar-refractivity contribution in [3.05, 3.63) is 27.7 Å². The predicted molar refractivity (Wildman–Crippen MR) is 75.1 cm³/mol. The van der Waals surface area contributed by atoms with Crippen molar-refractivity contribution in [2.75, 3.05) is 6.54 Å². The van der Waals surface area contributed by atoms with Crippen LogP contribution in [0.1, 0.15) is 19.3 Å². The molecule has 0 saturated heterocycles. The van der Waals surface area contributed by atoms with Crippen LogP contribution < -0.4 is 10.5 Å². The van der Waals surface area contributed by atoms with Crippen LogP contribution >= 0.6 is 27.5 Å². The maximum absolute atomic E-state index is 12.1. The summed E-state index contributed by atoms with van der Waals surface area (Å²) in [5.41, 5.74) is 5.61. The molecule has 1 aliphatic rings. The maximum Gasteiger partial charge on any atom is 0.240 e. The van der Waals surface area contributed by atoms with E-state index in [1.165, 1.54) is 12.1 Å². The SMILES string of the molecule is NC1(CNS(=O)(=O)c2ccc(Cl)c(Br)c2)CCC1. The molecule has 1 aliphatic carbocycles. The Labute approximate surface area is 120 Å². The van der Waals surface area contributed by atoms with Gasteiger partial charge in [0.2, 0.25) is 10.0 Å². The van der Waals surface area contributed by atoms with Crippen molar-refractivity contribution in [2.24, 2.45) is 5.73 Å². The highest BCUT2D eigenvalue weighted by Gasteiger charge is 2.33. The fraction of sp³-hybridized carbons (Fsp3) is 0.455. The van der Waals surface area contributed by atoms with Gasteiger partial charge in [-0.1, -0.05) is 11.6 Å². The molecule has 18 heavy (non-hydrogen) atoms. The zero-order valence-corrected chi connectivity index (χ0v) is 12.8. The van der Waals surface area contributed by atoms with Gasteiger partial charge in [0.15, 0.2) is 0 Å². The molecule has 1 aromatic carbocycles. The number of halogens is 2. The Morgan fingerprint density at radius 1 is 1.44 bits per heavy atom. The lowest BCUT2D eigenvalue weighted by molar-refractivity contribution is 0.251. The second-order valence-corrected chi connectivity index (χ2v) is 7.64. The maximum atomic E-state index is 12.1. The van der Waals surface area contributed by atoms with Gasteiger partial charge in [-0.15, -0.1) is 0 Å². The summed E-state index contributed by atoms with van der Waals surface area (Å²) < 4.78 is 27.2. The van der Waals surface area contributed by atoms with E-state index in [-0.39, 0.29) is 17.0 Å². The summed E-state index contributed by atoms with van der Waals surface area (Å²) in [5, 5.41) is 0.475. The molecule has 2 rings (SSSR count). The summed E-state index contributed by atoms with van der Waals surface area (Å²) in [6.07, 6.45) is 2.78. The Morgan fingerprint density at radius 2 is 2.11 bits per heavy atom. The molecule has 0 radical (unpaired) electrons. The smallest absolute Gasteiger partial charge is 0.240 e. The largest absolute Gasteiger partial charge is 0.324 e. The van der Waals surface area contributed by atoms with Crippen LogP contribution in [0.25, 0.3) is 0 Å². The molecule has 0 spiro atoms. The summed E-state index contributed by atoms with van der Waals surface area (Å²) in [4.78, 5) is 0.182. The quantitative estimate of drug-likeness (QED) is 0.872. The Morgan fingerprint density at radius 3 is 2.61 bits per heavy atom. The molecule has 0 aromatic heterocycles. The van der Waals surface area contributed by atoms with Gasteiger partial charge >= 0.3 is 0 Å². The summed E-state index contributed by atoms with van der Waals surface area (Å²) in [6, 6.07) is 4.50. The van der Waals surface area contributed by atoms with Gasteiger partial charge in [-0.05, 0) is 53.4 Å². The molecule has 0 unspecified atom stereocenters. The minimum atomic E-state index is -3.53. The molecule has 0 aliphatic heterocycles. The van der Waals surface area contributed by atoms with Gasteiger partial charge < -0.3 is 5.73 Å². The summed E-state index contributed by atoms with van der Waals surface area (Å²) in [5.74, 6) is 0. The Hall–Kier alpha value is -0.140. The average molecular weight is 354 g/mol. The van der Waals surface area contributed by atoms with E-state index in [2.05, 4.69) is 20.7 Å². The first-order valence-electron chi connectivity index (χ1n) is 5.56. The summed E-state index contributed by atoms with van der Waals surface area (Å²) >= 11 is 9.03. The second kappa shape index (κ2) is 5.09. The number of rotatable bonds is 4. The van der Waals surface area contributed by atoms with Crippen molar-refractivity contribution in [1.29, 1.82) is 0 Å². The number of hydrogen-bond donors (Lipinski definition) is 2. The highest BCUT2D eigenvalue weighted by Crippen LogP contribution is 2.29. The molecule has 1 aromatic rings. The first-order valence-corrected chi connectivity index (χ1v) is 8.21. The molecule has 1 fully saturated rings. The van der Waals surface area contributed by atoms with Crippen LogP contribution in [0.3, 0.4) is 0 Å². The normalized spacial score (nSPS) is 18.4. The minimum absolute atomic E-state index is 0.182. The van der Waals surface area contributed by atoms with Crippen LogP contribution in [0.15, 0.2) is 27.6 Å². The monoisotopic (exact) mass is 352 g/mol. The van der Waals surface area contributed by atoms with Crippen molar-refractivity contribution >= 4 is 37.6 Å². The molecule has 0 bridgehead atoms. The molecule has 4 nitrogen and oxygen atoms in total. The van der Waals surface area contributed by atoms with E-state index in [9.17, 15) is 8.42 Å². The summed E-state index contributed by atoms with van der Waals surface area (Å²) in [6.45, 7) is 0.273. The van der Waals surface area contributed by atoms with Crippen molar-refractivity contribution in [2.45, 2.75) is 29.7 Å². The fourth-order valence-electron chi connectivity index (χ4n) is 1.77. The topological polar surface area (TPSA) is 72.2 Å². The molecule has 0 heterocycles. The van der Waals surface area contributed by atoms with Gasteiger partial charge in [0, 0.05) is 16.6 Å². The third kappa shape index (κ3) is 3.05. The Bertz CT molecular complexity index is 558. The predicted octanol–water partition coefficient (Wildman–Crippen LogP) is 2.26. The first-order chi connectivity index (χ1) is 8.32. The lowest BCUT2D eigenvalue weighted by Crippen LogP contribution is -2.54. The zero-order valence-electron chi connectivity index (χ0n) is 9.62. The number of hydrogen-bond acceptors (Lipinski definition) is 3. The number of nitrogens with two attached hydrogens (primary N) is 1. The molecule has 0 atom stereocenters. The van der Waals surface area contributed by atoms with E-state index in [1.54, 1.807) is 6.07 Å². The van der Waals surface area contributed by atoms with Gasteiger partial charge in [0.05, 0.1) is 9.92 Å². The molecular weight excluding hydrogens is 340 g/mol. The number of nitrogens with one attached hydrogen (secondary N) is 1. The van der Waals surface area contributed by atoms with Gasteiger partial charge in [0.1, 0.15) is 0 Å². The number of sulfonamides is 1. The van der Waals surface area contributed by atoms with Gasteiger partial charge in [-0.2, -0.15) is 0 Å². The second-order valence-electron chi connectivity index (χ2n) is 4.62. The van der Waals surface area contributed by atoms with E-state index in [0.29, 0.717) is 9.50 Å². The van der Waals surface area contributed by atoms with Crippen LogP contribution in [0.2, 0.25) is 5.02 Å². The van der Waals surface area contributed by atoms with Crippen LogP contribution in [-0.4, -0.2) is 20.5 Å². The van der Waals surface area contributed by atoms with Crippen LogP contribution in [0.5, 0.6) is 0 Å². The Kier molecular flexibility index (Phi) is 4.04. The lowest BCUT2D eigenvalue weighted by Gasteiger charge is -2.38. The van der Waals surface area contributed by atoms with Gasteiger partial charge in [0.25, 0.3) is 0 Å². The third-order valence-electron chi connectivity index (χ3n) is 3.16. The molecule has 1 saturated carbocycles. The van der Waals surface area contributed by atoms with E-state index in [0.717, 1.165) is 19.3 Å². The van der Waals surface area contributed by atoms with E-state index < -0.39 is 10.0 Å². The van der Waals surface area contributed by atoms with E-state index in [4.69, 9.17) is 17.3 Å². The van der Waals surface area contributed by atoms with E-state index in [1.807, 2.05) is 0 Å². The molecule has 3 N–H and O–H groups in total. The zero-order chi connectivity index (χ0) is 13.4. The highest BCUT2D eigenvalue weighted by molar-refractivity contribution is 9.10. The van der Waals surface area contributed by atoms with Crippen LogP contribution in [0.4, 0.5) is 0 Å². The van der Waals surface area contributed by atoms with Crippen molar-refractivity contribution in [3.8, 4) is 0 Å². The van der Waals surface area contributed by atoms with Gasteiger partial charge in [-0.3, -0.25) is 0 Å². The minimum Gasteiger partial charge on any atom is -0.324 e. The lowest BCUT2D eigenvalue weighted by atomic mass is 9.78. The van der Waals surface area contributed by atoms with Gasteiger partial charge in [-0.25, -0.2) is 13.1 Å². The molecule has 7 heteroatoms. The van der Waals surface area contributed by atoms with Crippen LogP contribution in [-0.2, 0) is 10.0 Å². The first kappa shape index (κ1) is 14.3. The Balaban J connectivity index is 2.12. The fourth-order valence-corrected chi connectivity index (χ4v) is 3.59. The number of benzene rings is 1.